The molecule has 8 heteroatoms. The van der Waals surface area contributed by atoms with Crippen LogP contribution in [-0.2, 0) is 9.53 Å². The molecule has 3 aromatic rings. The monoisotopic (exact) mass is 386 g/mol. The molecule has 6 nitrogen and oxygen atoms in total. The first kappa shape index (κ1) is 17.3. The summed E-state index contributed by atoms with van der Waals surface area (Å²) in [5.41, 5.74) is 1.76. The fraction of sp³-hybridized carbons (Fsp3) is 0.278. The van der Waals surface area contributed by atoms with Gasteiger partial charge in [0.25, 0.3) is 0 Å². The van der Waals surface area contributed by atoms with Crippen molar-refractivity contribution in [2.45, 2.75) is 4.90 Å². The van der Waals surface area contributed by atoms with Crippen molar-refractivity contribution in [3.05, 3.63) is 42.7 Å². The fourth-order valence-electron chi connectivity index (χ4n) is 2.66. The summed E-state index contributed by atoms with van der Waals surface area (Å²) >= 11 is 3.15. The Kier molecular flexibility index (Phi) is 5.33. The Bertz CT molecular complexity index is 895. The Morgan fingerprint density at radius 2 is 2.04 bits per heavy atom. The van der Waals surface area contributed by atoms with Gasteiger partial charge in [0.1, 0.15) is 0 Å². The minimum absolute atomic E-state index is 0.0240. The zero-order valence-electron chi connectivity index (χ0n) is 14.1. The van der Waals surface area contributed by atoms with Gasteiger partial charge in [0.05, 0.1) is 29.2 Å². The molecule has 1 saturated heterocycles. The zero-order valence-corrected chi connectivity index (χ0v) is 15.7. The molecule has 1 fully saturated rings. The van der Waals surface area contributed by atoms with Gasteiger partial charge in [0, 0.05) is 36.1 Å². The number of carbonyl (C=O) groups is 1. The van der Waals surface area contributed by atoms with Crippen molar-refractivity contribution in [1.82, 2.24) is 9.97 Å². The second-order valence-electron chi connectivity index (χ2n) is 5.80. The molecule has 26 heavy (non-hydrogen) atoms. The molecule has 0 atom stereocenters. The van der Waals surface area contributed by atoms with Crippen LogP contribution >= 0.6 is 23.1 Å². The molecule has 0 spiro atoms. The van der Waals surface area contributed by atoms with Gasteiger partial charge < -0.3 is 15.0 Å². The summed E-state index contributed by atoms with van der Waals surface area (Å²) < 4.78 is 6.47. The van der Waals surface area contributed by atoms with Crippen LogP contribution in [0.1, 0.15) is 0 Å². The van der Waals surface area contributed by atoms with Gasteiger partial charge in [-0.05, 0) is 30.3 Å². The van der Waals surface area contributed by atoms with Crippen molar-refractivity contribution in [2.24, 2.45) is 0 Å². The van der Waals surface area contributed by atoms with E-state index in [0.717, 1.165) is 52.2 Å². The standard InChI is InChI=1S/C18H18N4O2S2/c23-17(12-25-14-3-5-19-6-4-14)20-13-1-2-15-16(11-13)26-18(21-15)22-7-9-24-10-8-22/h1-6,11H,7-10,12H2,(H,20,23). The first-order valence-electron chi connectivity index (χ1n) is 8.34. The lowest BCUT2D eigenvalue weighted by Gasteiger charge is -2.25. The average Bonchev–Trinajstić information content (AvgIpc) is 3.11. The number of morpholine rings is 1. The molecule has 0 bridgehead atoms. The van der Waals surface area contributed by atoms with Crippen LogP contribution in [0.2, 0.25) is 0 Å². The maximum absolute atomic E-state index is 12.2. The maximum atomic E-state index is 12.2. The number of benzene rings is 1. The normalized spacial score (nSPS) is 14.5. The van der Waals surface area contributed by atoms with Crippen LogP contribution in [-0.4, -0.2) is 47.9 Å². The van der Waals surface area contributed by atoms with E-state index in [1.807, 2.05) is 30.3 Å². The Morgan fingerprint density at radius 1 is 1.23 bits per heavy atom. The van der Waals surface area contributed by atoms with Gasteiger partial charge in [-0.15, -0.1) is 11.8 Å². The van der Waals surface area contributed by atoms with E-state index in [0.29, 0.717) is 5.75 Å². The second-order valence-corrected chi connectivity index (χ2v) is 7.86. The van der Waals surface area contributed by atoms with E-state index in [4.69, 9.17) is 9.72 Å². The number of rotatable bonds is 5. The largest absolute Gasteiger partial charge is 0.378 e. The summed E-state index contributed by atoms with van der Waals surface area (Å²) in [6, 6.07) is 9.65. The molecular weight excluding hydrogens is 368 g/mol. The number of nitrogens with one attached hydrogen (secondary N) is 1. The smallest absolute Gasteiger partial charge is 0.234 e. The molecule has 1 aliphatic heterocycles. The minimum Gasteiger partial charge on any atom is -0.378 e. The second kappa shape index (κ2) is 8.03. The van der Waals surface area contributed by atoms with Crippen molar-refractivity contribution in [2.75, 3.05) is 42.3 Å². The number of aromatic nitrogens is 2. The highest BCUT2D eigenvalue weighted by atomic mass is 32.2. The number of ether oxygens (including phenoxy) is 1. The van der Waals surface area contributed by atoms with Crippen LogP contribution in [0.4, 0.5) is 10.8 Å². The lowest BCUT2D eigenvalue weighted by molar-refractivity contribution is -0.113. The van der Waals surface area contributed by atoms with E-state index in [1.54, 1.807) is 23.7 Å². The van der Waals surface area contributed by atoms with E-state index in [9.17, 15) is 4.79 Å². The molecule has 3 heterocycles. The van der Waals surface area contributed by atoms with Crippen molar-refractivity contribution in [3.8, 4) is 0 Å². The SMILES string of the molecule is O=C(CSc1ccncc1)Nc1ccc2nc(N3CCOCC3)sc2c1. The highest BCUT2D eigenvalue weighted by Crippen LogP contribution is 2.31. The number of amides is 1. The third-order valence-corrected chi connectivity index (χ3v) is 6.05. The number of thioether (sulfide) groups is 1. The van der Waals surface area contributed by atoms with E-state index in [1.165, 1.54) is 11.8 Å². The molecule has 0 saturated carbocycles. The molecule has 0 radical (unpaired) electrons. The summed E-state index contributed by atoms with van der Waals surface area (Å²) in [4.78, 5) is 24.1. The molecular formula is C18H18N4O2S2. The number of hydrogen-bond donors (Lipinski definition) is 1. The van der Waals surface area contributed by atoms with E-state index in [-0.39, 0.29) is 5.91 Å². The molecule has 1 aliphatic rings. The first-order chi connectivity index (χ1) is 12.8. The van der Waals surface area contributed by atoms with E-state index in [2.05, 4.69) is 15.2 Å². The molecule has 134 valence electrons. The number of nitrogens with zero attached hydrogens (tertiary/aromatic N) is 3. The summed E-state index contributed by atoms with van der Waals surface area (Å²) in [6.45, 7) is 3.23. The Morgan fingerprint density at radius 3 is 2.85 bits per heavy atom. The fourth-order valence-corrected chi connectivity index (χ4v) is 4.40. The molecule has 0 aliphatic carbocycles. The van der Waals surface area contributed by atoms with Crippen LogP contribution in [0.3, 0.4) is 0 Å². The molecule has 1 N–H and O–H groups in total. The lowest BCUT2D eigenvalue weighted by atomic mass is 10.3. The van der Waals surface area contributed by atoms with Crippen molar-refractivity contribution in [3.63, 3.8) is 0 Å². The summed E-state index contributed by atoms with van der Waals surface area (Å²) in [5.74, 6) is 0.341. The number of thiazole rings is 1. The Labute approximate surface area is 159 Å². The van der Waals surface area contributed by atoms with Gasteiger partial charge in [-0.3, -0.25) is 9.78 Å². The van der Waals surface area contributed by atoms with Gasteiger partial charge >= 0.3 is 0 Å². The van der Waals surface area contributed by atoms with Crippen molar-refractivity contribution < 1.29 is 9.53 Å². The van der Waals surface area contributed by atoms with Crippen LogP contribution in [0.15, 0.2) is 47.6 Å². The van der Waals surface area contributed by atoms with Crippen molar-refractivity contribution >= 4 is 50.0 Å². The molecule has 2 aromatic heterocycles. The van der Waals surface area contributed by atoms with Crippen LogP contribution < -0.4 is 10.2 Å². The van der Waals surface area contributed by atoms with E-state index >= 15 is 0 Å². The number of hydrogen-bond acceptors (Lipinski definition) is 7. The molecule has 4 rings (SSSR count). The lowest BCUT2D eigenvalue weighted by Crippen LogP contribution is -2.36. The van der Waals surface area contributed by atoms with Gasteiger partial charge in [-0.2, -0.15) is 0 Å². The number of anilines is 2. The van der Waals surface area contributed by atoms with E-state index < -0.39 is 0 Å². The summed E-state index contributed by atoms with van der Waals surface area (Å²) in [5, 5.41) is 3.98. The average molecular weight is 387 g/mol. The predicted octanol–water partition coefficient (Wildman–Crippen LogP) is 3.26. The number of carbonyl (C=O) groups excluding carboxylic acids is 1. The summed E-state index contributed by atoms with van der Waals surface area (Å²) in [7, 11) is 0. The van der Waals surface area contributed by atoms with Gasteiger partial charge in [-0.1, -0.05) is 11.3 Å². The molecule has 1 aromatic carbocycles. The Balaban J connectivity index is 1.41. The maximum Gasteiger partial charge on any atom is 0.234 e. The predicted molar refractivity (Wildman–Crippen MR) is 106 cm³/mol. The molecule has 0 unspecified atom stereocenters. The van der Waals surface area contributed by atoms with Crippen LogP contribution in [0.5, 0.6) is 0 Å². The minimum atomic E-state index is -0.0240. The number of pyridine rings is 1. The third kappa shape index (κ3) is 4.14. The van der Waals surface area contributed by atoms with Crippen LogP contribution in [0, 0.1) is 0 Å². The van der Waals surface area contributed by atoms with Gasteiger partial charge in [0.15, 0.2) is 5.13 Å². The third-order valence-electron chi connectivity index (χ3n) is 3.96. The quantitative estimate of drug-likeness (QED) is 0.679. The number of fused-ring (bicyclic) bond motifs is 1. The zero-order chi connectivity index (χ0) is 17.8. The topological polar surface area (TPSA) is 67.4 Å². The van der Waals surface area contributed by atoms with Crippen molar-refractivity contribution in [1.29, 1.82) is 0 Å². The van der Waals surface area contributed by atoms with Gasteiger partial charge in [0.2, 0.25) is 5.91 Å². The first-order valence-corrected chi connectivity index (χ1v) is 10.1. The molecule has 1 amide bonds. The van der Waals surface area contributed by atoms with Gasteiger partial charge in [-0.25, -0.2) is 4.98 Å². The highest BCUT2D eigenvalue weighted by Gasteiger charge is 2.15. The highest BCUT2D eigenvalue weighted by molar-refractivity contribution is 8.00. The van der Waals surface area contributed by atoms with Crippen LogP contribution in [0.25, 0.3) is 10.2 Å². The summed E-state index contributed by atoms with van der Waals surface area (Å²) in [6.07, 6.45) is 3.45. The Hall–Kier alpha value is -2.16.